The number of nitrogens with zero attached hydrogens (tertiary/aromatic N) is 4. The van der Waals surface area contributed by atoms with Gasteiger partial charge in [-0.15, -0.1) is 11.3 Å². The number of hydrogen-bond acceptors (Lipinski definition) is 5. The molecular formula is C25H24FN5OS. The summed E-state index contributed by atoms with van der Waals surface area (Å²) in [5.41, 5.74) is 4.35. The summed E-state index contributed by atoms with van der Waals surface area (Å²) in [7, 11) is 0. The second-order valence-corrected chi connectivity index (χ2v) is 9.12. The van der Waals surface area contributed by atoms with Gasteiger partial charge < -0.3 is 0 Å². The Hall–Kier alpha value is -3.36. The number of rotatable bonds is 6. The Kier molecular flexibility index (Phi) is 6.02. The van der Waals surface area contributed by atoms with Crippen LogP contribution in [0.3, 0.4) is 0 Å². The van der Waals surface area contributed by atoms with Crippen molar-refractivity contribution >= 4 is 22.4 Å². The molecule has 1 amide bonds. The summed E-state index contributed by atoms with van der Waals surface area (Å²) in [6, 6.07) is 16.5. The predicted octanol–water partition coefficient (Wildman–Crippen LogP) is 4.84. The summed E-state index contributed by atoms with van der Waals surface area (Å²) in [6.07, 6.45) is 3.05. The van der Waals surface area contributed by atoms with E-state index >= 15 is 0 Å². The molecule has 6 nitrogen and oxygen atoms in total. The minimum Gasteiger partial charge on any atom is -0.298 e. The summed E-state index contributed by atoms with van der Waals surface area (Å²) in [6.45, 7) is 4.66. The molecule has 2 aromatic heterocycles. The quantitative estimate of drug-likeness (QED) is 0.446. The van der Waals surface area contributed by atoms with Crippen molar-refractivity contribution in [2.24, 2.45) is 0 Å². The van der Waals surface area contributed by atoms with Gasteiger partial charge in [0.25, 0.3) is 5.91 Å². The standard InChI is InChI=1S/C25H24FN5OS/c1-2-22-20(14-27-31(22)19-10-8-18(26)9-11-19)24(32)29-25-28-21-12-13-30(16-23(21)33-25)15-17-6-4-3-5-7-17/h3-11,14H,2,12-13,15-16H2,1H3,(H,28,29,32). The fourth-order valence-electron chi connectivity index (χ4n) is 4.15. The monoisotopic (exact) mass is 461 g/mol. The first-order chi connectivity index (χ1) is 16.1. The maximum absolute atomic E-state index is 13.3. The number of carbonyl (C=O) groups excluding carboxylic acids is 1. The van der Waals surface area contributed by atoms with Crippen molar-refractivity contribution in [3.63, 3.8) is 0 Å². The minimum atomic E-state index is -0.308. The summed E-state index contributed by atoms with van der Waals surface area (Å²) < 4.78 is 15.0. The van der Waals surface area contributed by atoms with Crippen LogP contribution >= 0.6 is 11.3 Å². The van der Waals surface area contributed by atoms with Crippen LogP contribution in [-0.2, 0) is 25.9 Å². The summed E-state index contributed by atoms with van der Waals surface area (Å²) in [5.74, 6) is -0.538. The molecule has 0 aliphatic carbocycles. The van der Waals surface area contributed by atoms with Crippen molar-refractivity contribution in [3.8, 4) is 5.69 Å². The average molecular weight is 462 g/mol. The van der Waals surface area contributed by atoms with Crippen LogP contribution in [0, 0.1) is 5.82 Å². The van der Waals surface area contributed by atoms with Crippen LogP contribution in [0.15, 0.2) is 60.8 Å². The SMILES string of the molecule is CCc1c(C(=O)Nc2nc3c(s2)CN(Cc2ccccc2)CC3)cnn1-c1ccc(F)cc1. The Morgan fingerprint density at radius 2 is 1.94 bits per heavy atom. The Bertz CT molecular complexity index is 1270. The third kappa shape index (κ3) is 4.58. The van der Waals surface area contributed by atoms with E-state index in [2.05, 4.69) is 44.6 Å². The van der Waals surface area contributed by atoms with Gasteiger partial charge in [-0.05, 0) is 36.2 Å². The lowest BCUT2D eigenvalue weighted by molar-refractivity contribution is 0.102. The number of anilines is 1. The van der Waals surface area contributed by atoms with Crippen molar-refractivity contribution < 1.29 is 9.18 Å². The molecule has 0 radical (unpaired) electrons. The highest BCUT2D eigenvalue weighted by Gasteiger charge is 2.23. The Labute approximate surface area is 195 Å². The molecule has 4 aromatic rings. The molecule has 0 saturated carbocycles. The molecule has 168 valence electrons. The number of thiazole rings is 1. The molecule has 1 N–H and O–H groups in total. The number of aromatic nitrogens is 3. The Balaban J connectivity index is 1.30. The number of halogens is 1. The van der Waals surface area contributed by atoms with Crippen molar-refractivity contribution in [2.45, 2.75) is 32.9 Å². The smallest absolute Gasteiger partial charge is 0.260 e. The summed E-state index contributed by atoms with van der Waals surface area (Å²) in [5, 5.41) is 7.95. The van der Waals surface area contributed by atoms with Crippen LogP contribution in [-0.4, -0.2) is 32.1 Å². The van der Waals surface area contributed by atoms with Crippen LogP contribution in [0.4, 0.5) is 9.52 Å². The number of amides is 1. The maximum Gasteiger partial charge on any atom is 0.260 e. The van der Waals surface area contributed by atoms with Crippen LogP contribution in [0.5, 0.6) is 0 Å². The molecule has 0 bridgehead atoms. The second-order valence-electron chi connectivity index (χ2n) is 8.04. The third-order valence-corrected chi connectivity index (χ3v) is 6.80. The van der Waals surface area contributed by atoms with Gasteiger partial charge in [0.1, 0.15) is 5.82 Å². The topological polar surface area (TPSA) is 63.1 Å². The van der Waals surface area contributed by atoms with E-state index in [1.54, 1.807) is 23.0 Å². The van der Waals surface area contributed by atoms with Gasteiger partial charge in [-0.25, -0.2) is 14.1 Å². The molecule has 8 heteroatoms. The lowest BCUT2D eigenvalue weighted by atomic mass is 10.1. The van der Waals surface area contributed by atoms with Gasteiger partial charge in [0, 0.05) is 30.9 Å². The largest absolute Gasteiger partial charge is 0.298 e. The predicted molar refractivity (Wildman–Crippen MR) is 127 cm³/mol. The molecule has 3 heterocycles. The zero-order valence-corrected chi connectivity index (χ0v) is 19.1. The number of carbonyl (C=O) groups is 1. The van der Waals surface area contributed by atoms with E-state index in [4.69, 9.17) is 0 Å². The van der Waals surface area contributed by atoms with E-state index in [1.165, 1.54) is 33.9 Å². The Morgan fingerprint density at radius 3 is 2.70 bits per heavy atom. The van der Waals surface area contributed by atoms with Crippen LogP contribution in [0.1, 0.15) is 39.1 Å². The second kappa shape index (κ2) is 9.25. The van der Waals surface area contributed by atoms with Crippen LogP contribution < -0.4 is 5.32 Å². The fourth-order valence-corrected chi connectivity index (χ4v) is 5.20. The number of hydrogen-bond donors (Lipinski definition) is 1. The summed E-state index contributed by atoms with van der Waals surface area (Å²) in [4.78, 5) is 21.3. The van der Waals surface area contributed by atoms with Gasteiger partial charge in [-0.2, -0.15) is 5.10 Å². The van der Waals surface area contributed by atoms with Gasteiger partial charge in [-0.3, -0.25) is 15.0 Å². The summed E-state index contributed by atoms with van der Waals surface area (Å²) >= 11 is 1.54. The lowest BCUT2D eigenvalue weighted by Crippen LogP contribution is -2.29. The van der Waals surface area contributed by atoms with E-state index < -0.39 is 0 Å². The highest BCUT2D eigenvalue weighted by Crippen LogP contribution is 2.29. The van der Waals surface area contributed by atoms with Crippen LogP contribution in [0.25, 0.3) is 5.69 Å². The number of nitrogens with one attached hydrogen (secondary N) is 1. The molecule has 2 aromatic carbocycles. The van der Waals surface area contributed by atoms with Crippen molar-refractivity contribution in [1.82, 2.24) is 19.7 Å². The fraction of sp³-hybridized carbons (Fsp3) is 0.240. The third-order valence-electron chi connectivity index (χ3n) is 5.80. The molecule has 5 rings (SSSR count). The molecular weight excluding hydrogens is 437 g/mol. The number of benzene rings is 2. The normalized spacial score (nSPS) is 13.6. The molecule has 0 saturated heterocycles. The first-order valence-electron chi connectivity index (χ1n) is 11.0. The van der Waals surface area contributed by atoms with E-state index in [0.29, 0.717) is 17.1 Å². The zero-order chi connectivity index (χ0) is 22.8. The van der Waals surface area contributed by atoms with E-state index in [1.807, 2.05) is 13.0 Å². The molecule has 0 fully saturated rings. The van der Waals surface area contributed by atoms with Crippen LogP contribution in [0.2, 0.25) is 0 Å². The minimum absolute atomic E-state index is 0.229. The molecule has 1 aliphatic heterocycles. The first kappa shape index (κ1) is 21.5. The molecule has 33 heavy (non-hydrogen) atoms. The zero-order valence-electron chi connectivity index (χ0n) is 18.3. The maximum atomic E-state index is 13.3. The lowest BCUT2D eigenvalue weighted by Gasteiger charge is -2.25. The van der Waals surface area contributed by atoms with Gasteiger partial charge in [0.15, 0.2) is 5.13 Å². The highest BCUT2D eigenvalue weighted by atomic mass is 32.1. The molecule has 0 unspecified atom stereocenters. The van der Waals surface area contributed by atoms with Gasteiger partial charge in [0.2, 0.25) is 0 Å². The molecule has 1 aliphatic rings. The first-order valence-corrected chi connectivity index (χ1v) is 11.8. The molecule has 0 atom stereocenters. The Morgan fingerprint density at radius 1 is 1.15 bits per heavy atom. The average Bonchev–Trinajstić information content (AvgIpc) is 3.43. The van der Waals surface area contributed by atoms with Gasteiger partial charge in [0.05, 0.1) is 28.8 Å². The van der Waals surface area contributed by atoms with Crippen molar-refractivity contribution in [3.05, 3.63) is 94.0 Å². The number of fused-ring (bicyclic) bond motifs is 1. The van der Waals surface area contributed by atoms with E-state index in [9.17, 15) is 9.18 Å². The van der Waals surface area contributed by atoms with E-state index in [0.717, 1.165) is 43.1 Å². The highest BCUT2D eigenvalue weighted by molar-refractivity contribution is 7.15. The van der Waals surface area contributed by atoms with Gasteiger partial charge >= 0.3 is 0 Å². The van der Waals surface area contributed by atoms with Crippen molar-refractivity contribution in [1.29, 1.82) is 0 Å². The van der Waals surface area contributed by atoms with Gasteiger partial charge in [-0.1, -0.05) is 37.3 Å². The van der Waals surface area contributed by atoms with E-state index in [-0.39, 0.29) is 11.7 Å². The van der Waals surface area contributed by atoms with Crippen molar-refractivity contribution in [2.75, 3.05) is 11.9 Å². The molecule has 0 spiro atoms.